The maximum absolute atomic E-state index is 12.7. The molecule has 0 aliphatic rings. The molecule has 1 amide bonds. The van der Waals surface area contributed by atoms with Crippen LogP contribution in [-0.2, 0) is 11.2 Å². The van der Waals surface area contributed by atoms with Crippen LogP contribution in [0.4, 0.5) is 11.4 Å². The van der Waals surface area contributed by atoms with Crippen LogP contribution >= 0.6 is 0 Å². The Balaban J connectivity index is 2.19. The lowest BCUT2D eigenvalue weighted by Gasteiger charge is -2.24. The molecule has 0 saturated carbocycles. The van der Waals surface area contributed by atoms with Gasteiger partial charge in [-0.15, -0.1) is 0 Å². The van der Waals surface area contributed by atoms with Gasteiger partial charge in [0, 0.05) is 30.9 Å². The fraction of sp³-hybridized carbons (Fsp3) is 0.278. The van der Waals surface area contributed by atoms with Crippen LogP contribution in [0.1, 0.15) is 5.56 Å². The van der Waals surface area contributed by atoms with Crippen LogP contribution in [0, 0.1) is 10.1 Å². The van der Waals surface area contributed by atoms with E-state index in [4.69, 9.17) is 0 Å². The van der Waals surface area contributed by atoms with Gasteiger partial charge >= 0.3 is 0 Å². The van der Waals surface area contributed by atoms with E-state index in [0.29, 0.717) is 25.2 Å². The monoisotopic (exact) mass is 327 g/mol. The zero-order valence-corrected chi connectivity index (χ0v) is 13.9. The topological polar surface area (TPSA) is 66.7 Å². The Morgan fingerprint density at radius 1 is 1.00 bits per heavy atom. The van der Waals surface area contributed by atoms with Crippen LogP contribution in [0.3, 0.4) is 0 Å². The lowest BCUT2D eigenvalue weighted by Crippen LogP contribution is -2.37. The van der Waals surface area contributed by atoms with E-state index in [1.54, 1.807) is 17.0 Å². The summed E-state index contributed by atoms with van der Waals surface area (Å²) in [4.78, 5) is 26.7. The van der Waals surface area contributed by atoms with Crippen LogP contribution in [0.2, 0.25) is 0 Å². The highest BCUT2D eigenvalue weighted by Crippen LogP contribution is 2.20. The van der Waals surface area contributed by atoms with Gasteiger partial charge in [0.15, 0.2) is 0 Å². The molecule has 6 nitrogen and oxygen atoms in total. The van der Waals surface area contributed by atoms with E-state index in [9.17, 15) is 14.9 Å². The molecule has 0 fully saturated rings. The van der Waals surface area contributed by atoms with E-state index < -0.39 is 4.92 Å². The van der Waals surface area contributed by atoms with Gasteiger partial charge in [-0.3, -0.25) is 14.9 Å². The van der Waals surface area contributed by atoms with Gasteiger partial charge in [0.2, 0.25) is 5.91 Å². The van der Waals surface area contributed by atoms with Crippen molar-refractivity contribution in [2.45, 2.75) is 6.42 Å². The maximum atomic E-state index is 12.7. The van der Waals surface area contributed by atoms with Gasteiger partial charge in [0.05, 0.1) is 11.3 Å². The molecule has 2 rings (SSSR count). The van der Waals surface area contributed by atoms with Crippen molar-refractivity contribution in [3.63, 3.8) is 0 Å². The third-order valence-corrected chi connectivity index (χ3v) is 3.64. The van der Waals surface area contributed by atoms with Crippen LogP contribution in [-0.4, -0.2) is 42.9 Å². The first-order valence-corrected chi connectivity index (χ1v) is 7.71. The summed E-state index contributed by atoms with van der Waals surface area (Å²) >= 11 is 0. The summed E-state index contributed by atoms with van der Waals surface area (Å²) in [5.74, 6) is -0.0306. The Labute approximate surface area is 141 Å². The van der Waals surface area contributed by atoms with E-state index >= 15 is 0 Å². The van der Waals surface area contributed by atoms with E-state index in [2.05, 4.69) is 0 Å². The lowest BCUT2D eigenvalue weighted by molar-refractivity contribution is -0.384. The van der Waals surface area contributed by atoms with Crippen molar-refractivity contribution < 1.29 is 9.72 Å². The number of hydrogen-bond acceptors (Lipinski definition) is 4. The summed E-state index contributed by atoms with van der Waals surface area (Å²) in [5, 5.41) is 10.8. The Hall–Kier alpha value is -2.73. The molecule has 24 heavy (non-hydrogen) atoms. The third-order valence-electron chi connectivity index (χ3n) is 3.64. The highest BCUT2D eigenvalue weighted by molar-refractivity contribution is 5.94. The Morgan fingerprint density at radius 3 is 2.17 bits per heavy atom. The smallest absolute Gasteiger partial charge is 0.269 e. The number of nitro benzene ring substituents is 1. The van der Waals surface area contributed by atoms with E-state index in [1.807, 2.05) is 49.3 Å². The summed E-state index contributed by atoms with van der Waals surface area (Å²) in [6.45, 7) is 1.23. The molecule has 0 unspecified atom stereocenters. The van der Waals surface area contributed by atoms with Gasteiger partial charge in [-0.25, -0.2) is 0 Å². The molecular weight excluding hydrogens is 306 g/mol. The molecule has 2 aromatic rings. The first-order chi connectivity index (χ1) is 11.5. The molecule has 0 heterocycles. The number of hydrogen-bond donors (Lipinski definition) is 0. The first kappa shape index (κ1) is 17.6. The van der Waals surface area contributed by atoms with Crippen molar-refractivity contribution in [1.82, 2.24) is 4.90 Å². The zero-order chi connectivity index (χ0) is 17.5. The van der Waals surface area contributed by atoms with Crippen molar-refractivity contribution >= 4 is 17.3 Å². The average molecular weight is 327 g/mol. The van der Waals surface area contributed by atoms with Crippen LogP contribution in [0.25, 0.3) is 0 Å². The zero-order valence-electron chi connectivity index (χ0n) is 13.9. The number of non-ortho nitro benzene ring substituents is 1. The van der Waals surface area contributed by atoms with Gasteiger partial charge in [0.1, 0.15) is 0 Å². The number of rotatable bonds is 7. The quantitative estimate of drug-likeness (QED) is 0.579. The van der Waals surface area contributed by atoms with Gasteiger partial charge in [-0.05, 0) is 31.8 Å². The number of likely N-dealkylation sites (N-methyl/N-ethyl adjacent to an activating group) is 1. The highest BCUT2D eigenvalue weighted by atomic mass is 16.6. The predicted molar refractivity (Wildman–Crippen MR) is 94.1 cm³/mol. The fourth-order valence-corrected chi connectivity index (χ4v) is 2.32. The molecule has 0 aliphatic heterocycles. The number of nitro groups is 1. The minimum Gasteiger partial charge on any atom is -0.311 e. The standard InChI is InChI=1S/C18H21N3O3/c1-19(2)12-13-20(16-8-10-17(11-9-16)21(23)24)18(22)14-15-6-4-3-5-7-15/h3-11H,12-14H2,1-2H3. The minimum atomic E-state index is -0.445. The van der Waals surface area contributed by atoms with Crippen LogP contribution < -0.4 is 4.90 Å². The summed E-state index contributed by atoms with van der Waals surface area (Å²) in [5.41, 5.74) is 1.63. The summed E-state index contributed by atoms with van der Waals surface area (Å²) in [6.07, 6.45) is 0.297. The molecule has 0 aliphatic carbocycles. The molecule has 0 spiro atoms. The van der Waals surface area contributed by atoms with Crippen molar-refractivity contribution in [1.29, 1.82) is 0 Å². The molecular formula is C18H21N3O3. The highest BCUT2D eigenvalue weighted by Gasteiger charge is 2.17. The van der Waals surface area contributed by atoms with Gasteiger partial charge in [-0.2, -0.15) is 0 Å². The van der Waals surface area contributed by atoms with Gasteiger partial charge in [-0.1, -0.05) is 30.3 Å². The second-order valence-electron chi connectivity index (χ2n) is 5.78. The lowest BCUT2D eigenvalue weighted by atomic mass is 10.1. The molecule has 0 bridgehead atoms. The van der Waals surface area contributed by atoms with E-state index in [-0.39, 0.29) is 11.6 Å². The molecule has 0 radical (unpaired) electrons. The second-order valence-corrected chi connectivity index (χ2v) is 5.78. The number of anilines is 1. The molecule has 126 valence electrons. The SMILES string of the molecule is CN(C)CCN(C(=O)Cc1ccccc1)c1ccc([N+](=O)[O-])cc1. The average Bonchev–Trinajstić information content (AvgIpc) is 2.56. The van der Waals surface area contributed by atoms with Crippen molar-refractivity contribution in [2.75, 3.05) is 32.1 Å². The molecule has 0 saturated heterocycles. The molecule has 6 heteroatoms. The predicted octanol–water partition coefficient (Wildman–Crippen LogP) is 2.73. The van der Waals surface area contributed by atoms with E-state index in [0.717, 1.165) is 5.56 Å². The summed E-state index contributed by atoms with van der Waals surface area (Å²) in [6, 6.07) is 15.6. The normalized spacial score (nSPS) is 10.6. The summed E-state index contributed by atoms with van der Waals surface area (Å²) < 4.78 is 0. The van der Waals surface area contributed by atoms with Gasteiger partial charge in [0.25, 0.3) is 5.69 Å². The van der Waals surface area contributed by atoms with Crippen molar-refractivity contribution in [2.24, 2.45) is 0 Å². The summed E-state index contributed by atoms with van der Waals surface area (Å²) in [7, 11) is 3.88. The number of carbonyl (C=O) groups excluding carboxylic acids is 1. The van der Waals surface area contributed by atoms with Crippen molar-refractivity contribution in [3.8, 4) is 0 Å². The second kappa shape index (κ2) is 8.21. The van der Waals surface area contributed by atoms with Crippen LogP contribution in [0.5, 0.6) is 0 Å². The maximum Gasteiger partial charge on any atom is 0.269 e. The van der Waals surface area contributed by atoms with Crippen molar-refractivity contribution in [3.05, 3.63) is 70.3 Å². The number of amides is 1. The Morgan fingerprint density at radius 2 is 1.62 bits per heavy atom. The molecule has 0 atom stereocenters. The van der Waals surface area contributed by atoms with E-state index in [1.165, 1.54) is 12.1 Å². The third kappa shape index (κ3) is 4.89. The Bertz CT molecular complexity index is 684. The minimum absolute atomic E-state index is 0.0156. The number of carbonyl (C=O) groups is 1. The first-order valence-electron chi connectivity index (χ1n) is 7.71. The molecule has 2 aromatic carbocycles. The largest absolute Gasteiger partial charge is 0.311 e. The molecule has 0 N–H and O–H groups in total. The molecule has 0 aromatic heterocycles. The number of nitrogens with zero attached hydrogens (tertiary/aromatic N) is 3. The Kier molecular flexibility index (Phi) is 6.03. The van der Waals surface area contributed by atoms with Gasteiger partial charge < -0.3 is 9.80 Å². The number of benzene rings is 2. The van der Waals surface area contributed by atoms with Crippen LogP contribution in [0.15, 0.2) is 54.6 Å². The fourth-order valence-electron chi connectivity index (χ4n) is 2.32.